The molecule has 0 bridgehead atoms. The Kier molecular flexibility index (Phi) is 15.7. The van der Waals surface area contributed by atoms with Crippen LogP contribution < -0.4 is 34.7 Å². The number of hydrogen-bond donors (Lipinski definition) is 5. The molecule has 5 rings (SSSR count). The van der Waals surface area contributed by atoms with E-state index in [1.807, 2.05) is 0 Å². The first-order chi connectivity index (χ1) is 23.1. The molecule has 2 aliphatic carbocycles. The molecule has 13 atom stereocenters. The number of carbonyl (C=O) groups is 2. The third-order valence-corrected chi connectivity index (χ3v) is 9.98. The van der Waals surface area contributed by atoms with Gasteiger partial charge in [-0.2, -0.15) is 0 Å². The van der Waals surface area contributed by atoms with Crippen LogP contribution in [0, 0.1) is 5.92 Å². The predicted octanol–water partition coefficient (Wildman–Crippen LogP) is -3.06. The third-order valence-electron chi connectivity index (χ3n) is 9.98. The maximum atomic E-state index is 13.4. The summed E-state index contributed by atoms with van der Waals surface area (Å²) in [6.45, 7) is 0.866. The summed E-state index contributed by atoms with van der Waals surface area (Å²) in [4.78, 5) is 25.7. The fraction of sp³-hybridized carbons (Fsp3) is 0.765. The monoisotopic (exact) mass is 704 g/mol. The van der Waals surface area contributed by atoms with Gasteiger partial charge in [-0.3, -0.25) is 0 Å². The number of carbonyl (C=O) groups excluding carboxylic acids is 2. The molecule has 0 aromatic heterocycles. The van der Waals surface area contributed by atoms with E-state index in [1.165, 1.54) is 12.1 Å². The number of aliphatic carboxylic acids is 1. The van der Waals surface area contributed by atoms with E-state index in [-0.39, 0.29) is 47.5 Å². The van der Waals surface area contributed by atoms with Crippen LogP contribution in [0.1, 0.15) is 81.5 Å². The minimum absolute atomic E-state index is 0. The molecular weight excluding hydrogens is 655 g/mol. The fourth-order valence-corrected chi connectivity index (χ4v) is 7.17. The van der Waals surface area contributed by atoms with Gasteiger partial charge in [-0.15, -0.1) is 0 Å². The molecule has 0 amide bonds. The van der Waals surface area contributed by atoms with E-state index in [0.29, 0.717) is 12.8 Å². The third kappa shape index (κ3) is 10.2. The van der Waals surface area contributed by atoms with E-state index in [4.69, 9.17) is 28.4 Å². The van der Waals surface area contributed by atoms with Crippen LogP contribution in [-0.4, -0.2) is 124 Å². The van der Waals surface area contributed by atoms with Crippen LogP contribution in [0.15, 0.2) is 30.3 Å². The number of carboxylic acid groups (broad SMARTS) is 1. The molecule has 1 aromatic rings. The predicted molar refractivity (Wildman–Crippen MR) is 163 cm³/mol. The largest absolute Gasteiger partial charge is 1.00 e. The topological polar surface area (TPSA) is 214 Å². The van der Waals surface area contributed by atoms with Crippen LogP contribution in [0.4, 0.5) is 0 Å². The summed E-state index contributed by atoms with van der Waals surface area (Å²) in [5.74, 6) is -2.20. The summed E-state index contributed by atoms with van der Waals surface area (Å²) in [6.07, 6.45) is -9.47. The second kappa shape index (κ2) is 19.0. The Hall–Kier alpha value is -1.24. The number of ether oxygens (including phenoxy) is 6. The van der Waals surface area contributed by atoms with Gasteiger partial charge in [-0.05, 0) is 44.2 Å². The number of carboxylic acids is 1. The van der Waals surface area contributed by atoms with Crippen molar-refractivity contribution in [3.63, 3.8) is 0 Å². The number of hydrogen-bond acceptors (Lipinski definition) is 14. The van der Waals surface area contributed by atoms with E-state index in [2.05, 4.69) is 0 Å². The SMILES string of the molecule is C[C@@H]1O[C@@H](O[C@@H]2CCCC[C@H]2O[C@@H]2O[C@H](CO)[C@H](O)[C@H](O[C@@H](CC3CCCCC3)C(=O)[O-])[C@H]2OC(=O)c2ccccc2)[C@@H](O)[C@H](O)[C@@H]1O.[Na+]. The molecule has 2 aliphatic heterocycles. The molecule has 5 N–H and O–H groups in total. The maximum absolute atomic E-state index is 13.4. The van der Waals surface area contributed by atoms with Crippen LogP contribution in [0.25, 0.3) is 0 Å². The smallest absolute Gasteiger partial charge is 0.547 e. The van der Waals surface area contributed by atoms with Crippen molar-refractivity contribution in [2.75, 3.05) is 6.61 Å². The molecule has 15 heteroatoms. The molecule has 2 saturated carbocycles. The van der Waals surface area contributed by atoms with E-state index in [9.17, 15) is 40.2 Å². The quantitative estimate of drug-likeness (QED) is 0.108. The van der Waals surface area contributed by atoms with Gasteiger partial charge in [0.05, 0.1) is 42.6 Å². The van der Waals surface area contributed by atoms with Gasteiger partial charge < -0.3 is 63.9 Å². The average Bonchev–Trinajstić information content (AvgIpc) is 3.09. The number of benzene rings is 1. The molecule has 14 nitrogen and oxygen atoms in total. The van der Waals surface area contributed by atoms with Gasteiger partial charge in [-0.1, -0.05) is 63.1 Å². The van der Waals surface area contributed by atoms with Gasteiger partial charge in [-0.25, -0.2) is 4.79 Å². The maximum Gasteiger partial charge on any atom is 1.00 e. The van der Waals surface area contributed by atoms with Gasteiger partial charge >= 0.3 is 35.5 Å². The van der Waals surface area contributed by atoms with E-state index in [1.54, 1.807) is 25.1 Å². The van der Waals surface area contributed by atoms with Crippen molar-refractivity contribution in [1.82, 2.24) is 0 Å². The van der Waals surface area contributed by atoms with Crippen molar-refractivity contribution in [3.05, 3.63) is 35.9 Å². The average molecular weight is 705 g/mol. The van der Waals surface area contributed by atoms with Crippen LogP contribution in [-0.2, 0) is 33.2 Å². The molecule has 4 aliphatic rings. The molecule has 0 radical (unpaired) electrons. The second-order valence-corrected chi connectivity index (χ2v) is 13.4. The molecule has 270 valence electrons. The first kappa shape index (κ1) is 40.5. The Morgan fingerprint density at radius 3 is 2.04 bits per heavy atom. The Balaban J connectivity index is 0.00000541. The summed E-state index contributed by atoms with van der Waals surface area (Å²) >= 11 is 0. The Morgan fingerprint density at radius 1 is 0.816 bits per heavy atom. The van der Waals surface area contributed by atoms with Crippen molar-refractivity contribution < 1.29 is 98.2 Å². The molecule has 1 aromatic carbocycles. The number of rotatable bonds is 12. The Bertz CT molecular complexity index is 1170. The summed E-state index contributed by atoms with van der Waals surface area (Å²) < 4.78 is 36.1. The van der Waals surface area contributed by atoms with E-state index in [0.717, 1.165) is 44.9 Å². The minimum Gasteiger partial charge on any atom is -0.547 e. The number of esters is 1. The van der Waals surface area contributed by atoms with Crippen molar-refractivity contribution in [2.45, 2.75) is 151 Å². The van der Waals surface area contributed by atoms with Crippen LogP contribution in [0.2, 0.25) is 0 Å². The zero-order valence-electron chi connectivity index (χ0n) is 28.2. The van der Waals surface area contributed by atoms with Crippen molar-refractivity contribution in [3.8, 4) is 0 Å². The number of aliphatic hydroxyl groups is 5. The molecule has 2 heterocycles. The zero-order chi connectivity index (χ0) is 34.4. The molecule has 2 saturated heterocycles. The number of aliphatic hydroxyl groups excluding tert-OH is 5. The van der Waals surface area contributed by atoms with E-state index >= 15 is 0 Å². The summed E-state index contributed by atoms with van der Waals surface area (Å²) in [7, 11) is 0. The normalized spacial score (nSPS) is 37.8. The van der Waals surface area contributed by atoms with Crippen LogP contribution in [0.3, 0.4) is 0 Å². The molecule has 4 fully saturated rings. The van der Waals surface area contributed by atoms with Crippen LogP contribution >= 0.6 is 0 Å². The minimum atomic E-state index is -1.60. The van der Waals surface area contributed by atoms with Gasteiger partial charge in [0.1, 0.15) is 36.6 Å². The molecular formula is C34H49NaO14. The molecule has 0 unspecified atom stereocenters. The van der Waals surface area contributed by atoms with E-state index < -0.39 is 98.3 Å². The zero-order valence-corrected chi connectivity index (χ0v) is 30.2. The van der Waals surface area contributed by atoms with Gasteiger partial charge in [0.2, 0.25) is 0 Å². The second-order valence-electron chi connectivity index (χ2n) is 13.4. The summed E-state index contributed by atoms with van der Waals surface area (Å²) in [6, 6.07) is 8.08. The molecule has 0 spiro atoms. The van der Waals surface area contributed by atoms with Gasteiger partial charge in [0, 0.05) is 0 Å². The van der Waals surface area contributed by atoms with Crippen molar-refractivity contribution in [2.24, 2.45) is 5.92 Å². The van der Waals surface area contributed by atoms with Gasteiger partial charge in [0.25, 0.3) is 0 Å². The van der Waals surface area contributed by atoms with Crippen molar-refractivity contribution in [1.29, 1.82) is 0 Å². The first-order valence-electron chi connectivity index (χ1n) is 17.1. The van der Waals surface area contributed by atoms with Crippen molar-refractivity contribution >= 4 is 11.9 Å². The Labute approximate surface area is 308 Å². The summed E-state index contributed by atoms with van der Waals surface area (Å²) in [5, 5.41) is 64.9. The Morgan fingerprint density at radius 2 is 1.43 bits per heavy atom. The first-order valence-corrected chi connectivity index (χ1v) is 17.1. The standard InChI is InChI=1S/C34H50O14.Na/c1-18-25(36)27(38)28(39)33(43-18)45-21-14-8-9-15-22(21)46-34-30(48-32(42)20-12-6-3-7-13-20)29(26(37)24(17-35)47-34)44-23(31(40)41)16-19-10-4-2-5-11-19;/h3,6-7,12-13,18-19,21-30,33-39H,2,4-5,8-11,14-17H2,1H3,(H,40,41);/q;+1/p-1/t18-,21+,22+,23-,24+,25+,26-,27+,28-,29-,30+,33-,34+;/m0./s1. The summed E-state index contributed by atoms with van der Waals surface area (Å²) in [5.41, 5.74) is 0.185. The molecule has 49 heavy (non-hydrogen) atoms. The van der Waals surface area contributed by atoms with Gasteiger partial charge in [0.15, 0.2) is 18.7 Å². The van der Waals surface area contributed by atoms with Crippen LogP contribution in [0.5, 0.6) is 0 Å². The fourth-order valence-electron chi connectivity index (χ4n) is 7.17.